The summed E-state index contributed by atoms with van der Waals surface area (Å²) in [6.45, 7) is 4.77. The first kappa shape index (κ1) is 15.8. The van der Waals surface area contributed by atoms with Crippen LogP contribution in [0.25, 0.3) is 0 Å². The zero-order valence-corrected chi connectivity index (χ0v) is 12.8. The molecule has 2 atom stereocenters. The van der Waals surface area contributed by atoms with E-state index < -0.39 is 0 Å². The summed E-state index contributed by atoms with van der Waals surface area (Å²) in [5.74, 6) is 6.21. The standard InChI is InChI=1S/C14H25N5O2/c1-3-9-20-13-16-12(19-15)17-14(18-13)21-11-8-6-5-7-10(11)4-2/h10-11H,3-9,15H2,1-2H3,(H,16,17,18,19). The fraction of sp³-hybridized carbons (Fsp3) is 0.786. The monoisotopic (exact) mass is 295 g/mol. The number of ether oxygens (including phenoxy) is 2. The quantitative estimate of drug-likeness (QED) is 0.588. The van der Waals surface area contributed by atoms with E-state index in [4.69, 9.17) is 15.3 Å². The molecule has 0 spiro atoms. The van der Waals surface area contributed by atoms with Crippen molar-refractivity contribution < 1.29 is 9.47 Å². The van der Waals surface area contributed by atoms with Crippen LogP contribution in [0, 0.1) is 5.92 Å². The van der Waals surface area contributed by atoms with Gasteiger partial charge in [-0.25, -0.2) is 5.84 Å². The highest BCUT2D eigenvalue weighted by Gasteiger charge is 2.26. The Morgan fingerprint density at radius 3 is 2.62 bits per heavy atom. The summed E-state index contributed by atoms with van der Waals surface area (Å²) in [4.78, 5) is 12.4. The summed E-state index contributed by atoms with van der Waals surface area (Å²) in [7, 11) is 0. The Bertz CT molecular complexity index is 443. The molecule has 0 aliphatic heterocycles. The van der Waals surface area contributed by atoms with E-state index in [1.807, 2.05) is 6.92 Å². The SMILES string of the molecule is CCCOc1nc(NN)nc(OC2CCCCC2CC)n1. The molecular formula is C14H25N5O2. The summed E-state index contributed by atoms with van der Waals surface area (Å²) in [6.07, 6.45) is 6.86. The minimum atomic E-state index is 0.163. The number of nitrogen functional groups attached to an aromatic ring is 1. The van der Waals surface area contributed by atoms with Crippen LogP contribution < -0.4 is 20.7 Å². The van der Waals surface area contributed by atoms with Crippen LogP contribution in [0.2, 0.25) is 0 Å². The molecule has 1 heterocycles. The van der Waals surface area contributed by atoms with Crippen LogP contribution in [0.1, 0.15) is 52.4 Å². The van der Waals surface area contributed by atoms with Crippen molar-refractivity contribution in [2.45, 2.75) is 58.5 Å². The Morgan fingerprint density at radius 1 is 1.14 bits per heavy atom. The number of anilines is 1. The molecule has 2 rings (SSSR count). The topological polar surface area (TPSA) is 95.2 Å². The molecule has 0 aromatic carbocycles. The Morgan fingerprint density at radius 2 is 1.90 bits per heavy atom. The first-order valence-corrected chi connectivity index (χ1v) is 7.79. The third-order valence-corrected chi connectivity index (χ3v) is 3.78. The summed E-state index contributed by atoms with van der Waals surface area (Å²) >= 11 is 0. The van der Waals surface area contributed by atoms with E-state index in [9.17, 15) is 0 Å². The van der Waals surface area contributed by atoms with Crippen molar-refractivity contribution in [1.29, 1.82) is 0 Å². The van der Waals surface area contributed by atoms with Crippen LogP contribution in [-0.4, -0.2) is 27.7 Å². The van der Waals surface area contributed by atoms with E-state index in [2.05, 4.69) is 27.3 Å². The lowest BCUT2D eigenvalue weighted by molar-refractivity contribution is 0.0796. The maximum atomic E-state index is 5.98. The number of rotatable bonds is 7. The average Bonchev–Trinajstić information content (AvgIpc) is 2.53. The second kappa shape index (κ2) is 7.97. The van der Waals surface area contributed by atoms with Gasteiger partial charge < -0.3 is 9.47 Å². The van der Waals surface area contributed by atoms with Gasteiger partial charge in [-0.15, -0.1) is 4.98 Å². The van der Waals surface area contributed by atoms with E-state index in [1.54, 1.807) is 0 Å². The molecule has 1 aliphatic carbocycles. The minimum absolute atomic E-state index is 0.163. The highest BCUT2D eigenvalue weighted by atomic mass is 16.5. The minimum Gasteiger partial charge on any atom is -0.463 e. The number of hydrogen-bond donors (Lipinski definition) is 2. The molecule has 0 amide bonds. The Kier molecular flexibility index (Phi) is 5.98. The number of hydrogen-bond acceptors (Lipinski definition) is 7. The highest BCUT2D eigenvalue weighted by molar-refractivity contribution is 5.25. The molecule has 7 nitrogen and oxygen atoms in total. The number of aromatic nitrogens is 3. The van der Waals surface area contributed by atoms with Crippen LogP contribution in [0.4, 0.5) is 5.95 Å². The number of nitrogens with zero attached hydrogens (tertiary/aromatic N) is 3. The molecule has 118 valence electrons. The van der Waals surface area contributed by atoms with Crippen molar-refractivity contribution in [3.8, 4) is 12.0 Å². The van der Waals surface area contributed by atoms with Gasteiger partial charge in [-0.3, -0.25) is 5.43 Å². The van der Waals surface area contributed by atoms with Crippen molar-refractivity contribution in [2.75, 3.05) is 12.0 Å². The fourth-order valence-electron chi connectivity index (χ4n) is 2.64. The lowest BCUT2D eigenvalue weighted by Gasteiger charge is -2.30. The average molecular weight is 295 g/mol. The van der Waals surface area contributed by atoms with Gasteiger partial charge in [-0.2, -0.15) is 9.97 Å². The van der Waals surface area contributed by atoms with E-state index in [-0.39, 0.29) is 24.1 Å². The van der Waals surface area contributed by atoms with Gasteiger partial charge in [0, 0.05) is 0 Å². The molecule has 0 saturated heterocycles. The molecule has 2 unspecified atom stereocenters. The Hall–Kier alpha value is -1.63. The highest BCUT2D eigenvalue weighted by Crippen LogP contribution is 2.29. The van der Waals surface area contributed by atoms with Crippen LogP contribution in [0.5, 0.6) is 12.0 Å². The summed E-state index contributed by atoms with van der Waals surface area (Å²) in [6, 6.07) is 0.535. The zero-order valence-electron chi connectivity index (χ0n) is 12.8. The van der Waals surface area contributed by atoms with Crippen LogP contribution in [0.15, 0.2) is 0 Å². The number of nitrogens with two attached hydrogens (primary N) is 1. The smallest absolute Gasteiger partial charge is 0.324 e. The Labute approximate surface area is 125 Å². The number of nitrogens with one attached hydrogen (secondary N) is 1. The zero-order chi connectivity index (χ0) is 15.1. The van der Waals surface area contributed by atoms with Crippen molar-refractivity contribution in [1.82, 2.24) is 15.0 Å². The van der Waals surface area contributed by atoms with Crippen LogP contribution in [-0.2, 0) is 0 Å². The third kappa shape index (κ3) is 4.42. The first-order valence-electron chi connectivity index (χ1n) is 7.79. The van der Waals surface area contributed by atoms with E-state index in [0.717, 1.165) is 19.3 Å². The van der Waals surface area contributed by atoms with E-state index in [0.29, 0.717) is 12.5 Å². The molecule has 1 aromatic rings. The molecule has 7 heteroatoms. The lowest BCUT2D eigenvalue weighted by Crippen LogP contribution is -2.30. The molecule has 1 saturated carbocycles. The van der Waals surface area contributed by atoms with Gasteiger partial charge in [0.25, 0.3) is 0 Å². The van der Waals surface area contributed by atoms with Crippen LogP contribution in [0.3, 0.4) is 0 Å². The van der Waals surface area contributed by atoms with Gasteiger partial charge in [0.1, 0.15) is 6.10 Å². The molecule has 0 bridgehead atoms. The molecule has 1 aromatic heterocycles. The van der Waals surface area contributed by atoms with Crippen molar-refractivity contribution in [2.24, 2.45) is 11.8 Å². The van der Waals surface area contributed by atoms with Gasteiger partial charge in [-0.1, -0.05) is 20.3 Å². The van der Waals surface area contributed by atoms with Crippen molar-refractivity contribution >= 4 is 5.95 Å². The van der Waals surface area contributed by atoms with Gasteiger partial charge in [0.05, 0.1) is 6.61 Å². The van der Waals surface area contributed by atoms with Gasteiger partial charge in [0.15, 0.2) is 0 Å². The molecule has 1 aliphatic rings. The summed E-state index contributed by atoms with van der Waals surface area (Å²) in [5, 5.41) is 0. The summed E-state index contributed by atoms with van der Waals surface area (Å²) in [5.41, 5.74) is 2.42. The predicted molar refractivity (Wildman–Crippen MR) is 80.1 cm³/mol. The normalized spacial score (nSPS) is 21.9. The second-order valence-corrected chi connectivity index (χ2v) is 5.33. The lowest BCUT2D eigenvalue weighted by atomic mass is 9.85. The Balaban J connectivity index is 2.10. The largest absolute Gasteiger partial charge is 0.463 e. The van der Waals surface area contributed by atoms with E-state index in [1.165, 1.54) is 19.3 Å². The third-order valence-electron chi connectivity index (χ3n) is 3.78. The number of hydrazine groups is 1. The molecule has 1 fully saturated rings. The molecule has 0 radical (unpaired) electrons. The maximum Gasteiger partial charge on any atom is 0.324 e. The van der Waals surface area contributed by atoms with E-state index >= 15 is 0 Å². The molecular weight excluding hydrogens is 270 g/mol. The maximum absolute atomic E-state index is 5.98. The summed E-state index contributed by atoms with van der Waals surface area (Å²) < 4.78 is 11.4. The van der Waals surface area contributed by atoms with Gasteiger partial charge in [-0.05, 0) is 38.0 Å². The van der Waals surface area contributed by atoms with Crippen LogP contribution >= 0.6 is 0 Å². The molecule has 21 heavy (non-hydrogen) atoms. The van der Waals surface area contributed by atoms with Gasteiger partial charge in [0.2, 0.25) is 5.95 Å². The van der Waals surface area contributed by atoms with Crippen molar-refractivity contribution in [3.05, 3.63) is 0 Å². The predicted octanol–water partition coefficient (Wildman–Crippen LogP) is 2.29. The van der Waals surface area contributed by atoms with Crippen molar-refractivity contribution in [3.63, 3.8) is 0 Å². The second-order valence-electron chi connectivity index (χ2n) is 5.33. The van der Waals surface area contributed by atoms with Gasteiger partial charge >= 0.3 is 12.0 Å². The fourth-order valence-corrected chi connectivity index (χ4v) is 2.64. The molecule has 3 N–H and O–H groups in total. The first-order chi connectivity index (χ1) is 10.3.